The van der Waals surface area contributed by atoms with Gasteiger partial charge in [0.2, 0.25) is 0 Å². The molecule has 10 heteroatoms. The van der Waals surface area contributed by atoms with Gasteiger partial charge in [-0.15, -0.1) is 0 Å². The summed E-state index contributed by atoms with van der Waals surface area (Å²) in [4.78, 5) is 34.7. The normalized spacial score (nSPS) is 14.3. The van der Waals surface area contributed by atoms with Crippen molar-refractivity contribution < 1.29 is 22.7 Å². The number of aromatic nitrogens is 3. The number of benzene rings is 1. The van der Waals surface area contributed by atoms with Crippen molar-refractivity contribution in [2.24, 2.45) is 0 Å². The van der Waals surface area contributed by atoms with Gasteiger partial charge in [-0.05, 0) is 63.9 Å². The standard InChI is InChI=1S/C28H27F3N4O3/c1-27(2,3)38-26(37)34-11-4-5-23-21(16-34)20-8-7-19(14-24(20)33-23)35-12-10-17(13-25(35)36)22-9-6-18(15-32-22)28(29,30)31/h6-10,12-15,33H,4-5,11,16H2,1-3H3. The maximum absolute atomic E-state index is 12.9. The smallest absolute Gasteiger partial charge is 0.417 e. The molecule has 7 nitrogen and oxygen atoms in total. The highest BCUT2D eigenvalue weighted by molar-refractivity contribution is 5.87. The van der Waals surface area contributed by atoms with Crippen LogP contribution in [0.1, 0.15) is 44.0 Å². The van der Waals surface area contributed by atoms with Crippen LogP contribution in [0.3, 0.4) is 0 Å². The number of ether oxygens (including phenoxy) is 1. The van der Waals surface area contributed by atoms with E-state index in [4.69, 9.17) is 4.74 Å². The lowest BCUT2D eigenvalue weighted by Crippen LogP contribution is -2.36. The molecule has 0 radical (unpaired) electrons. The van der Waals surface area contributed by atoms with Gasteiger partial charge in [-0.2, -0.15) is 13.2 Å². The second-order valence-corrected chi connectivity index (χ2v) is 10.4. The second kappa shape index (κ2) is 9.34. The Labute approximate surface area is 216 Å². The molecule has 1 aliphatic rings. The molecule has 1 aromatic carbocycles. The molecule has 0 saturated carbocycles. The lowest BCUT2D eigenvalue weighted by Gasteiger charge is -2.26. The highest BCUT2D eigenvalue weighted by Crippen LogP contribution is 2.31. The van der Waals surface area contributed by atoms with Crippen molar-refractivity contribution in [3.05, 3.63) is 82.0 Å². The van der Waals surface area contributed by atoms with Gasteiger partial charge in [0, 0.05) is 52.7 Å². The minimum absolute atomic E-state index is 0.278. The monoisotopic (exact) mass is 524 g/mol. The molecule has 1 N–H and O–H groups in total. The van der Waals surface area contributed by atoms with Crippen molar-refractivity contribution in [3.63, 3.8) is 0 Å². The highest BCUT2D eigenvalue weighted by atomic mass is 19.4. The van der Waals surface area contributed by atoms with Gasteiger partial charge in [0.25, 0.3) is 5.56 Å². The number of carbonyl (C=O) groups excluding carboxylic acids is 1. The Kier molecular flexibility index (Phi) is 6.28. The zero-order valence-corrected chi connectivity index (χ0v) is 21.2. The third-order valence-corrected chi connectivity index (χ3v) is 6.42. The largest absolute Gasteiger partial charge is 0.444 e. The third-order valence-electron chi connectivity index (χ3n) is 6.42. The van der Waals surface area contributed by atoms with E-state index in [0.29, 0.717) is 24.3 Å². The molecule has 0 atom stereocenters. The van der Waals surface area contributed by atoms with Crippen LogP contribution in [-0.4, -0.2) is 37.7 Å². The molecular weight excluding hydrogens is 497 g/mol. The minimum Gasteiger partial charge on any atom is -0.444 e. The maximum Gasteiger partial charge on any atom is 0.417 e. The zero-order valence-electron chi connectivity index (χ0n) is 21.2. The molecule has 38 heavy (non-hydrogen) atoms. The summed E-state index contributed by atoms with van der Waals surface area (Å²) in [5.74, 6) is 0. The molecule has 198 valence electrons. The topological polar surface area (TPSA) is 80.2 Å². The van der Waals surface area contributed by atoms with Crippen molar-refractivity contribution in [1.82, 2.24) is 19.4 Å². The first-order chi connectivity index (χ1) is 17.9. The van der Waals surface area contributed by atoms with Crippen LogP contribution in [0, 0.1) is 0 Å². The van der Waals surface area contributed by atoms with Crippen LogP contribution in [0.5, 0.6) is 0 Å². The van der Waals surface area contributed by atoms with Crippen LogP contribution in [-0.2, 0) is 23.9 Å². The number of hydrogen-bond acceptors (Lipinski definition) is 4. The molecule has 3 aromatic heterocycles. The van der Waals surface area contributed by atoms with Gasteiger partial charge in [-0.1, -0.05) is 6.07 Å². The molecule has 0 unspecified atom stereocenters. The van der Waals surface area contributed by atoms with Gasteiger partial charge >= 0.3 is 12.3 Å². The first-order valence-electron chi connectivity index (χ1n) is 12.3. The van der Waals surface area contributed by atoms with Crippen molar-refractivity contribution in [1.29, 1.82) is 0 Å². The minimum atomic E-state index is -4.47. The van der Waals surface area contributed by atoms with Crippen LogP contribution >= 0.6 is 0 Å². The number of alkyl halides is 3. The van der Waals surface area contributed by atoms with E-state index in [1.54, 1.807) is 17.2 Å². The van der Waals surface area contributed by atoms with E-state index < -0.39 is 17.3 Å². The second-order valence-electron chi connectivity index (χ2n) is 10.4. The fraction of sp³-hybridized carbons (Fsp3) is 0.321. The van der Waals surface area contributed by atoms with Gasteiger partial charge in [-0.3, -0.25) is 14.3 Å². The predicted octanol–water partition coefficient (Wildman–Crippen LogP) is 6.08. The Morgan fingerprint density at radius 2 is 1.87 bits per heavy atom. The molecule has 5 rings (SSSR count). The number of amides is 1. The molecule has 0 spiro atoms. The number of H-pyrrole nitrogens is 1. The molecule has 0 aliphatic carbocycles. The Morgan fingerprint density at radius 1 is 1.08 bits per heavy atom. The van der Waals surface area contributed by atoms with Gasteiger partial charge in [0.15, 0.2) is 0 Å². The van der Waals surface area contributed by atoms with Crippen LogP contribution in [0.25, 0.3) is 27.8 Å². The van der Waals surface area contributed by atoms with Crippen molar-refractivity contribution >= 4 is 17.0 Å². The van der Waals surface area contributed by atoms with Gasteiger partial charge in [-0.25, -0.2) is 4.79 Å². The molecule has 1 amide bonds. The van der Waals surface area contributed by atoms with Crippen LogP contribution in [0.2, 0.25) is 0 Å². The van der Waals surface area contributed by atoms with E-state index in [-0.39, 0.29) is 17.3 Å². The van der Waals surface area contributed by atoms with Gasteiger partial charge in [0.05, 0.1) is 23.5 Å². The zero-order chi connectivity index (χ0) is 27.2. The average Bonchev–Trinajstić information content (AvgIpc) is 3.03. The first-order valence-corrected chi connectivity index (χ1v) is 12.3. The molecule has 0 saturated heterocycles. The number of nitrogens with one attached hydrogen (secondary N) is 1. The quantitative estimate of drug-likeness (QED) is 0.345. The summed E-state index contributed by atoms with van der Waals surface area (Å²) in [5.41, 5.74) is 2.51. The van der Waals surface area contributed by atoms with Gasteiger partial charge < -0.3 is 14.6 Å². The number of carbonyl (C=O) groups is 1. The van der Waals surface area contributed by atoms with Crippen LogP contribution in [0.15, 0.2) is 59.7 Å². The summed E-state index contributed by atoms with van der Waals surface area (Å²) < 4.78 is 45.5. The summed E-state index contributed by atoms with van der Waals surface area (Å²) in [6.07, 6.45) is -0.897. The Balaban J connectivity index is 1.42. The van der Waals surface area contributed by atoms with E-state index in [1.807, 2.05) is 39.0 Å². The van der Waals surface area contributed by atoms with E-state index >= 15 is 0 Å². The fourth-order valence-electron chi connectivity index (χ4n) is 4.63. The predicted molar refractivity (Wildman–Crippen MR) is 137 cm³/mol. The van der Waals surface area contributed by atoms with Crippen molar-refractivity contribution in [2.75, 3.05) is 6.54 Å². The number of fused-ring (bicyclic) bond motifs is 3. The molecule has 4 aromatic rings. The Hall–Kier alpha value is -4.08. The highest BCUT2D eigenvalue weighted by Gasteiger charge is 2.31. The van der Waals surface area contributed by atoms with Crippen LogP contribution < -0.4 is 5.56 Å². The van der Waals surface area contributed by atoms with Gasteiger partial charge in [0.1, 0.15) is 5.60 Å². The number of hydrogen-bond donors (Lipinski definition) is 1. The van der Waals surface area contributed by atoms with Crippen molar-refractivity contribution in [3.8, 4) is 16.9 Å². The molecule has 0 fully saturated rings. The third kappa shape index (κ3) is 5.16. The number of aryl methyl sites for hydroxylation is 1. The molecule has 4 heterocycles. The molecule has 1 aliphatic heterocycles. The van der Waals surface area contributed by atoms with E-state index in [1.165, 1.54) is 16.7 Å². The number of nitrogens with zero attached hydrogens (tertiary/aromatic N) is 3. The first kappa shape index (κ1) is 25.6. The SMILES string of the molecule is CC(C)(C)OC(=O)N1CCCc2[nH]c3cc(-n4ccc(-c5ccc(C(F)(F)F)cn5)cc4=O)ccc3c2C1. The summed E-state index contributed by atoms with van der Waals surface area (Å²) in [6.45, 7) is 6.56. The van der Waals surface area contributed by atoms with E-state index in [9.17, 15) is 22.8 Å². The Morgan fingerprint density at radius 3 is 2.53 bits per heavy atom. The summed E-state index contributed by atoms with van der Waals surface area (Å²) in [7, 11) is 0. The van der Waals surface area contributed by atoms with Crippen molar-refractivity contribution in [2.45, 2.75) is 51.9 Å². The fourth-order valence-corrected chi connectivity index (χ4v) is 4.63. The molecule has 0 bridgehead atoms. The summed E-state index contributed by atoms with van der Waals surface area (Å²) >= 11 is 0. The van der Waals surface area contributed by atoms with E-state index in [2.05, 4.69) is 9.97 Å². The van der Waals surface area contributed by atoms with Crippen LogP contribution in [0.4, 0.5) is 18.0 Å². The molecular formula is C28H27F3N4O3. The van der Waals surface area contributed by atoms with E-state index in [0.717, 1.165) is 47.3 Å². The average molecular weight is 525 g/mol. The number of aromatic amines is 1. The summed E-state index contributed by atoms with van der Waals surface area (Å²) in [6, 6.07) is 10.8. The lowest BCUT2D eigenvalue weighted by atomic mass is 10.1. The number of rotatable bonds is 2. The summed E-state index contributed by atoms with van der Waals surface area (Å²) in [5, 5.41) is 0.970. The lowest BCUT2D eigenvalue weighted by molar-refractivity contribution is -0.137. The maximum atomic E-state index is 12.9. The number of pyridine rings is 2. The number of halogens is 3. The Bertz CT molecular complexity index is 1560.